The highest BCUT2D eigenvalue weighted by Crippen LogP contribution is 2.49. The SMILES string of the molecule is CC1CCC(NC(=O)CC2CC3CCC2C3)CN1. The lowest BCUT2D eigenvalue weighted by Crippen LogP contribution is -2.49. The van der Waals surface area contributed by atoms with Gasteiger partial charge in [0.15, 0.2) is 0 Å². The number of hydrogen-bond acceptors (Lipinski definition) is 2. The van der Waals surface area contributed by atoms with Crippen LogP contribution in [-0.4, -0.2) is 24.5 Å². The van der Waals surface area contributed by atoms with Gasteiger partial charge in [-0.05, 0) is 56.8 Å². The second-order valence-electron chi connectivity index (χ2n) is 6.79. The van der Waals surface area contributed by atoms with Gasteiger partial charge >= 0.3 is 0 Å². The van der Waals surface area contributed by atoms with E-state index in [0.717, 1.165) is 31.2 Å². The third kappa shape index (κ3) is 2.71. The van der Waals surface area contributed by atoms with Crippen LogP contribution in [0.5, 0.6) is 0 Å². The number of nitrogens with one attached hydrogen (secondary N) is 2. The first kappa shape index (κ1) is 12.5. The normalized spacial score (nSPS) is 43.1. The van der Waals surface area contributed by atoms with Crippen LogP contribution in [0.15, 0.2) is 0 Å². The molecule has 3 nitrogen and oxygen atoms in total. The van der Waals surface area contributed by atoms with E-state index < -0.39 is 0 Å². The summed E-state index contributed by atoms with van der Waals surface area (Å²) in [6, 6.07) is 0.982. The van der Waals surface area contributed by atoms with Gasteiger partial charge in [0.25, 0.3) is 0 Å². The van der Waals surface area contributed by atoms with Crippen molar-refractivity contribution in [1.82, 2.24) is 10.6 Å². The average Bonchev–Trinajstić information content (AvgIpc) is 2.94. The van der Waals surface area contributed by atoms with E-state index in [1.54, 1.807) is 0 Å². The van der Waals surface area contributed by atoms with Crippen LogP contribution >= 0.6 is 0 Å². The highest BCUT2D eigenvalue weighted by molar-refractivity contribution is 5.76. The molecule has 3 aliphatic rings. The number of carbonyl (C=O) groups excluding carboxylic acids is 1. The topological polar surface area (TPSA) is 41.1 Å². The Hall–Kier alpha value is -0.570. The first-order chi connectivity index (χ1) is 8.70. The van der Waals surface area contributed by atoms with Gasteiger partial charge in [-0.25, -0.2) is 0 Å². The van der Waals surface area contributed by atoms with E-state index in [2.05, 4.69) is 17.6 Å². The van der Waals surface area contributed by atoms with Crippen LogP contribution < -0.4 is 10.6 Å². The van der Waals surface area contributed by atoms with Gasteiger partial charge in [0.05, 0.1) is 0 Å². The summed E-state index contributed by atoms with van der Waals surface area (Å²) in [5.41, 5.74) is 0. The molecule has 1 aliphatic heterocycles. The number of hydrogen-bond donors (Lipinski definition) is 2. The molecule has 0 aromatic heterocycles. The van der Waals surface area contributed by atoms with E-state index in [4.69, 9.17) is 0 Å². The Kier molecular flexibility index (Phi) is 3.60. The highest BCUT2D eigenvalue weighted by atomic mass is 16.1. The molecule has 0 aromatic carbocycles. The molecular weight excluding hydrogens is 224 g/mol. The molecule has 3 heteroatoms. The summed E-state index contributed by atoms with van der Waals surface area (Å²) in [7, 11) is 0. The zero-order valence-electron chi connectivity index (χ0n) is 11.5. The molecule has 5 atom stereocenters. The summed E-state index contributed by atoms with van der Waals surface area (Å²) in [6.07, 6.45) is 8.62. The molecule has 2 aliphatic carbocycles. The number of amides is 1. The van der Waals surface area contributed by atoms with Crippen molar-refractivity contribution < 1.29 is 4.79 Å². The van der Waals surface area contributed by atoms with E-state index in [-0.39, 0.29) is 0 Å². The third-order valence-electron chi connectivity index (χ3n) is 5.36. The van der Waals surface area contributed by atoms with E-state index in [9.17, 15) is 4.79 Å². The summed E-state index contributed by atoms with van der Waals surface area (Å²) in [5.74, 6) is 2.81. The molecule has 1 saturated heterocycles. The fourth-order valence-electron chi connectivity index (χ4n) is 4.27. The number of fused-ring (bicyclic) bond motifs is 2. The van der Waals surface area contributed by atoms with Gasteiger partial charge in [0.2, 0.25) is 5.91 Å². The Morgan fingerprint density at radius 3 is 2.72 bits per heavy atom. The van der Waals surface area contributed by atoms with E-state index in [1.807, 2.05) is 0 Å². The molecule has 2 bridgehead atoms. The lowest BCUT2D eigenvalue weighted by Gasteiger charge is -2.29. The summed E-state index contributed by atoms with van der Waals surface area (Å²) >= 11 is 0. The van der Waals surface area contributed by atoms with Crippen LogP contribution in [0.3, 0.4) is 0 Å². The quantitative estimate of drug-likeness (QED) is 0.805. The maximum Gasteiger partial charge on any atom is 0.220 e. The van der Waals surface area contributed by atoms with E-state index in [0.29, 0.717) is 23.9 Å². The van der Waals surface area contributed by atoms with Crippen LogP contribution in [0.2, 0.25) is 0 Å². The van der Waals surface area contributed by atoms with Gasteiger partial charge < -0.3 is 10.6 Å². The Labute approximate surface area is 110 Å². The largest absolute Gasteiger partial charge is 0.352 e. The molecule has 1 heterocycles. The number of piperidine rings is 1. The van der Waals surface area contributed by atoms with Crippen molar-refractivity contribution in [2.75, 3.05) is 6.54 Å². The van der Waals surface area contributed by atoms with Crippen molar-refractivity contribution in [3.63, 3.8) is 0 Å². The number of carbonyl (C=O) groups is 1. The van der Waals surface area contributed by atoms with Crippen LogP contribution in [0.1, 0.15) is 51.9 Å². The van der Waals surface area contributed by atoms with E-state index in [1.165, 1.54) is 32.1 Å². The highest BCUT2D eigenvalue weighted by Gasteiger charge is 2.40. The molecule has 18 heavy (non-hydrogen) atoms. The van der Waals surface area contributed by atoms with Gasteiger partial charge in [0.1, 0.15) is 0 Å². The zero-order valence-corrected chi connectivity index (χ0v) is 11.5. The Balaban J connectivity index is 1.42. The summed E-state index contributed by atoms with van der Waals surface area (Å²) in [4.78, 5) is 12.1. The fraction of sp³-hybridized carbons (Fsp3) is 0.933. The maximum absolute atomic E-state index is 12.1. The minimum Gasteiger partial charge on any atom is -0.352 e. The van der Waals surface area contributed by atoms with Crippen molar-refractivity contribution in [1.29, 1.82) is 0 Å². The van der Waals surface area contributed by atoms with Crippen LogP contribution in [0, 0.1) is 17.8 Å². The fourth-order valence-corrected chi connectivity index (χ4v) is 4.27. The van der Waals surface area contributed by atoms with Crippen molar-refractivity contribution in [3.05, 3.63) is 0 Å². The van der Waals surface area contributed by atoms with Gasteiger partial charge in [0, 0.05) is 25.0 Å². The molecule has 0 radical (unpaired) electrons. The van der Waals surface area contributed by atoms with Gasteiger partial charge in [-0.1, -0.05) is 6.42 Å². The Morgan fingerprint density at radius 1 is 1.22 bits per heavy atom. The average molecular weight is 250 g/mol. The lowest BCUT2D eigenvalue weighted by molar-refractivity contribution is -0.123. The molecule has 3 fully saturated rings. The van der Waals surface area contributed by atoms with Crippen LogP contribution in [-0.2, 0) is 4.79 Å². The summed E-state index contributed by atoms with van der Waals surface area (Å²) in [5, 5.41) is 6.67. The molecule has 5 unspecified atom stereocenters. The van der Waals surface area contributed by atoms with Crippen molar-refractivity contribution in [2.45, 2.75) is 64.0 Å². The Morgan fingerprint density at radius 2 is 2.11 bits per heavy atom. The van der Waals surface area contributed by atoms with Gasteiger partial charge in [-0.15, -0.1) is 0 Å². The predicted molar refractivity (Wildman–Crippen MR) is 72.2 cm³/mol. The molecule has 0 spiro atoms. The third-order valence-corrected chi connectivity index (χ3v) is 5.36. The molecule has 102 valence electrons. The standard InChI is InChI=1S/C15H26N2O/c1-10-2-5-14(9-16-10)17-15(18)8-13-7-11-3-4-12(13)6-11/h10-14,16H,2-9H2,1H3,(H,17,18). The molecule has 2 saturated carbocycles. The monoisotopic (exact) mass is 250 g/mol. The zero-order chi connectivity index (χ0) is 12.5. The minimum atomic E-state index is 0.300. The molecule has 0 aromatic rings. The summed E-state index contributed by atoms with van der Waals surface area (Å²) < 4.78 is 0. The van der Waals surface area contributed by atoms with Crippen molar-refractivity contribution in [2.24, 2.45) is 17.8 Å². The molecule has 2 N–H and O–H groups in total. The van der Waals surface area contributed by atoms with Crippen LogP contribution in [0.25, 0.3) is 0 Å². The Bertz CT molecular complexity index is 310. The second kappa shape index (κ2) is 5.20. The first-order valence-electron chi connectivity index (χ1n) is 7.73. The van der Waals surface area contributed by atoms with Crippen LogP contribution in [0.4, 0.5) is 0 Å². The predicted octanol–water partition coefficient (Wildman–Crippen LogP) is 2.07. The molecular formula is C15H26N2O. The molecule has 3 rings (SSSR count). The first-order valence-corrected chi connectivity index (χ1v) is 7.73. The smallest absolute Gasteiger partial charge is 0.220 e. The second-order valence-corrected chi connectivity index (χ2v) is 6.79. The molecule has 1 amide bonds. The maximum atomic E-state index is 12.1. The minimum absolute atomic E-state index is 0.300. The van der Waals surface area contributed by atoms with Gasteiger partial charge in [-0.2, -0.15) is 0 Å². The van der Waals surface area contributed by atoms with Crippen molar-refractivity contribution >= 4 is 5.91 Å². The van der Waals surface area contributed by atoms with E-state index >= 15 is 0 Å². The summed E-state index contributed by atoms with van der Waals surface area (Å²) in [6.45, 7) is 3.16. The van der Waals surface area contributed by atoms with Crippen molar-refractivity contribution in [3.8, 4) is 0 Å². The number of rotatable bonds is 3. The lowest BCUT2D eigenvalue weighted by atomic mass is 9.86. The van der Waals surface area contributed by atoms with Gasteiger partial charge in [-0.3, -0.25) is 4.79 Å².